The third-order valence-electron chi connectivity index (χ3n) is 4.41. The molecule has 0 saturated carbocycles. The van der Waals surface area contributed by atoms with Crippen LogP contribution in [0, 0.1) is 5.92 Å². The van der Waals surface area contributed by atoms with E-state index >= 15 is 0 Å². The van der Waals surface area contributed by atoms with Crippen LogP contribution in [0.3, 0.4) is 0 Å². The lowest BCUT2D eigenvalue weighted by molar-refractivity contribution is -0.121. The quantitative estimate of drug-likeness (QED) is 0.615. The fraction of sp³-hybridized carbons (Fsp3) is 0.632. The average Bonchev–Trinajstić information content (AvgIpc) is 2.66. The molecule has 1 aromatic rings. The zero-order chi connectivity index (χ0) is 19.7. The molecule has 0 aliphatic carbocycles. The Labute approximate surface area is 162 Å². The topological polar surface area (TPSA) is 87.7 Å². The van der Waals surface area contributed by atoms with E-state index in [0.29, 0.717) is 25.9 Å². The number of nitrogens with one attached hydrogen (secondary N) is 2. The summed E-state index contributed by atoms with van der Waals surface area (Å²) in [5, 5.41) is 2.94. The molecular formula is C19H31N3O4S. The van der Waals surface area contributed by atoms with Crippen molar-refractivity contribution >= 4 is 15.9 Å². The molecule has 0 spiro atoms. The van der Waals surface area contributed by atoms with Crippen LogP contribution in [0.1, 0.15) is 25.8 Å². The Morgan fingerprint density at radius 3 is 2.48 bits per heavy atom. The second-order valence-electron chi connectivity index (χ2n) is 7.19. The lowest BCUT2D eigenvalue weighted by Gasteiger charge is -2.26. The van der Waals surface area contributed by atoms with Gasteiger partial charge in [0.2, 0.25) is 15.9 Å². The Hall–Kier alpha value is -1.48. The first kappa shape index (κ1) is 21.8. The van der Waals surface area contributed by atoms with Crippen LogP contribution >= 0.6 is 0 Å². The smallest absolute Gasteiger partial charge is 0.240 e. The summed E-state index contributed by atoms with van der Waals surface area (Å²) in [7, 11) is -3.47. The molecule has 1 aliphatic rings. The summed E-state index contributed by atoms with van der Waals surface area (Å²) in [4.78, 5) is 14.5. The van der Waals surface area contributed by atoms with E-state index in [0.717, 1.165) is 38.4 Å². The number of hydrogen-bond acceptors (Lipinski definition) is 5. The molecule has 0 unspecified atom stereocenters. The average molecular weight is 398 g/mol. The highest BCUT2D eigenvalue weighted by atomic mass is 32.2. The standard InChI is InChI=1S/C19H31N3O4S/c1-16(2)15-21-27(24,25)18-6-3-17(4-7-18)5-8-19(23)20-9-10-22-11-13-26-14-12-22/h3-4,6-7,16,21H,5,8-15H2,1-2H3,(H,20,23). The van der Waals surface area contributed by atoms with Gasteiger partial charge < -0.3 is 10.1 Å². The van der Waals surface area contributed by atoms with Crippen LogP contribution in [0.5, 0.6) is 0 Å². The molecule has 2 rings (SSSR count). The van der Waals surface area contributed by atoms with E-state index < -0.39 is 10.0 Å². The molecule has 0 aromatic heterocycles. The first-order chi connectivity index (χ1) is 12.9. The highest BCUT2D eigenvalue weighted by molar-refractivity contribution is 7.89. The van der Waals surface area contributed by atoms with Crippen molar-refractivity contribution in [2.24, 2.45) is 5.92 Å². The van der Waals surface area contributed by atoms with E-state index in [1.54, 1.807) is 24.3 Å². The number of hydrogen-bond donors (Lipinski definition) is 2. The molecule has 0 bridgehead atoms. The van der Waals surface area contributed by atoms with Crippen molar-refractivity contribution in [1.29, 1.82) is 0 Å². The van der Waals surface area contributed by atoms with Gasteiger partial charge in [0.15, 0.2) is 0 Å². The molecule has 1 heterocycles. The molecule has 2 N–H and O–H groups in total. The van der Waals surface area contributed by atoms with E-state index in [-0.39, 0.29) is 16.7 Å². The van der Waals surface area contributed by atoms with Crippen molar-refractivity contribution in [1.82, 2.24) is 14.9 Å². The highest BCUT2D eigenvalue weighted by Crippen LogP contribution is 2.12. The van der Waals surface area contributed by atoms with Crippen LogP contribution in [0.15, 0.2) is 29.2 Å². The van der Waals surface area contributed by atoms with E-state index in [1.165, 1.54) is 0 Å². The predicted molar refractivity (Wildman–Crippen MR) is 105 cm³/mol. The summed E-state index contributed by atoms with van der Waals surface area (Å²) in [5.74, 6) is 0.263. The van der Waals surface area contributed by atoms with Crippen LogP contribution in [0.4, 0.5) is 0 Å². The molecule has 0 radical (unpaired) electrons. The number of carbonyl (C=O) groups excluding carboxylic acids is 1. The van der Waals surface area contributed by atoms with Crippen molar-refractivity contribution in [2.45, 2.75) is 31.6 Å². The van der Waals surface area contributed by atoms with Crippen LogP contribution in [0.2, 0.25) is 0 Å². The Bertz CT molecular complexity index is 683. The summed E-state index contributed by atoms with van der Waals surface area (Å²) in [6.07, 6.45) is 0.976. The third-order valence-corrected chi connectivity index (χ3v) is 5.85. The van der Waals surface area contributed by atoms with Crippen molar-refractivity contribution in [3.8, 4) is 0 Å². The van der Waals surface area contributed by atoms with Crippen LogP contribution in [-0.4, -0.2) is 65.2 Å². The monoisotopic (exact) mass is 397 g/mol. The van der Waals surface area contributed by atoms with Crippen molar-refractivity contribution < 1.29 is 17.9 Å². The number of amides is 1. The van der Waals surface area contributed by atoms with E-state index in [9.17, 15) is 13.2 Å². The third kappa shape index (κ3) is 7.96. The van der Waals surface area contributed by atoms with Crippen molar-refractivity contribution in [3.63, 3.8) is 0 Å². The number of rotatable bonds is 10. The molecule has 152 valence electrons. The summed E-state index contributed by atoms with van der Waals surface area (Å²) >= 11 is 0. The van der Waals surface area contributed by atoms with Gasteiger partial charge in [-0.3, -0.25) is 9.69 Å². The first-order valence-corrected chi connectivity index (χ1v) is 11.0. The molecule has 7 nitrogen and oxygen atoms in total. The van der Waals surface area contributed by atoms with Crippen LogP contribution in [-0.2, 0) is 26.0 Å². The number of benzene rings is 1. The minimum Gasteiger partial charge on any atom is -0.379 e. The van der Waals surface area contributed by atoms with E-state index in [4.69, 9.17) is 4.74 Å². The first-order valence-electron chi connectivity index (χ1n) is 9.52. The summed E-state index contributed by atoms with van der Waals surface area (Å²) < 4.78 is 32.2. The second kappa shape index (κ2) is 10.8. The van der Waals surface area contributed by atoms with E-state index in [2.05, 4.69) is 14.9 Å². The van der Waals surface area contributed by atoms with Crippen LogP contribution < -0.4 is 10.0 Å². The van der Waals surface area contributed by atoms with Gasteiger partial charge >= 0.3 is 0 Å². The minimum atomic E-state index is -3.47. The fourth-order valence-corrected chi connectivity index (χ4v) is 3.93. The summed E-state index contributed by atoms with van der Waals surface area (Å²) in [6.45, 7) is 9.14. The van der Waals surface area contributed by atoms with Gasteiger partial charge in [0.05, 0.1) is 18.1 Å². The van der Waals surface area contributed by atoms with Gasteiger partial charge in [-0.05, 0) is 30.0 Å². The number of nitrogens with zero attached hydrogens (tertiary/aromatic N) is 1. The number of carbonyl (C=O) groups is 1. The molecule has 1 amide bonds. The minimum absolute atomic E-state index is 0.0126. The van der Waals surface area contributed by atoms with Gasteiger partial charge in [0.1, 0.15) is 0 Å². The normalized spacial score (nSPS) is 15.8. The van der Waals surface area contributed by atoms with Gasteiger partial charge in [-0.25, -0.2) is 13.1 Å². The van der Waals surface area contributed by atoms with Gasteiger partial charge in [0.25, 0.3) is 0 Å². The Balaban J connectivity index is 1.71. The Morgan fingerprint density at radius 2 is 1.85 bits per heavy atom. The number of sulfonamides is 1. The van der Waals surface area contributed by atoms with Crippen LogP contribution in [0.25, 0.3) is 0 Å². The summed E-state index contributed by atoms with van der Waals surface area (Å²) in [6, 6.07) is 6.72. The SMILES string of the molecule is CC(C)CNS(=O)(=O)c1ccc(CCC(=O)NCCN2CCOCC2)cc1. The molecule has 1 aliphatic heterocycles. The lowest BCUT2D eigenvalue weighted by atomic mass is 10.1. The van der Waals surface area contributed by atoms with E-state index in [1.807, 2.05) is 13.8 Å². The molecule has 1 fully saturated rings. The van der Waals surface area contributed by atoms with Crippen molar-refractivity contribution in [2.75, 3.05) is 45.9 Å². The fourth-order valence-electron chi connectivity index (χ4n) is 2.72. The van der Waals surface area contributed by atoms with Gasteiger partial charge in [-0.15, -0.1) is 0 Å². The number of aryl methyl sites for hydroxylation is 1. The summed E-state index contributed by atoms with van der Waals surface area (Å²) in [5.41, 5.74) is 0.945. The molecule has 8 heteroatoms. The largest absolute Gasteiger partial charge is 0.379 e. The number of ether oxygens (including phenoxy) is 1. The highest BCUT2D eigenvalue weighted by Gasteiger charge is 2.14. The number of morpholine rings is 1. The molecule has 27 heavy (non-hydrogen) atoms. The predicted octanol–water partition coefficient (Wildman–Crippen LogP) is 1.00. The van der Waals surface area contributed by atoms with Gasteiger partial charge in [0, 0.05) is 39.1 Å². The van der Waals surface area contributed by atoms with Gasteiger partial charge in [-0.1, -0.05) is 26.0 Å². The molecule has 1 aromatic carbocycles. The maximum absolute atomic E-state index is 12.2. The maximum Gasteiger partial charge on any atom is 0.240 e. The zero-order valence-electron chi connectivity index (χ0n) is 16.2. The molecule has 0 atom stereocenters. The molecular weight excluding hydrogens is 366 g/mol. The molecule has 1 saturated heterocycles. The maximum atomic E-state index is 12.2. The zero-order valence-corrected chi connectivity index (χ0v) is 17.1. The Morgan fingerprint density at radius 1 is 1.19 bits per heavy atom. The second-order valence-corrected chi connectivity index (χ2v) is 8.96. The Kier molecular flexibility index (Phi) is 8.69. The van der Waals surface area contributed by atoms with Crippen molar-refractivity contribution in [3.05, 3.63) is 29.8 Å². The lowest BCUT2D eigenvalue weighted by Crippen LogP contribution is -2.41. The van der Waals surface area contributed by atoms with Gasteiger partial charge in [-0.2, -0.15) is 0 Å².